The van der Waals surface area contributed by atoms with Gasteiger partial charge in [-0.25, -0.2) is 13.2 Å². The van der Waals surface area contributed by atoms with Crippen molar-refractivity contribution in [1.82, 2.24) is 10.2 Å². The van der Waals surface area contributed by atoms with E-state index in [4.69, 9.17) is 0 Å². The number of nitrogens with one attached hydrogen (secondary N) is 1. The number of carbonyl (C=O) groups is 2. The first-order chi connectivity index (χ1) is 9.70. The Hall–Kier alpha value is -2.05. The summed E-state index contributed by atoms with van der Waals surface area (Å²) in [6.45, 7) is 3.65. The van der Waals surface area contributed by atoms with Crippen molar-refractivity contribution >= 4 is 11.8 Å². The number of amides is 2. The van der Waals surface area contributed by atoms with Gasteiger partial charge in [0.1, 0.15) is 12.4 Å². The Kier molecular flexibility index (Phi) is 3.93. The molecule has 0 aromatic heterocycles. The van der Waals surface area contributed by atoms with Crippen LogP contribution in [0.3, 0.4) is 0 Å². The zero-order valence-corrected chi connectivity index (χ0v) is 11.7. The fourth-order valence-electron chi connectivity index (χ4n) is 2.21. The van der Waals surface area contributed by atoms with E-state index < -0.39 is 35.3 Å². The number of carbonyl (C=O) groups excluding carboxylic acids is 2. The van der Waals surface area contributed by atoms with E-state index in [1.165, 1.54) is 4.90 Å². The fourth-order valence-corrected chi connectivity index (χ4v) is 2.21. The lowest BCUT2D eigenvalue weighted by Crippen LogP contribution is -2.62. The quantitative estimate of drug-likeness (QED) is 0.839. The van der Waals surface area contributed by atoms with E-state index >= 15 is 0 Å². The van der Waals surface area contributed by atoms with Crippen molar-refractivity contribution < 1.29 is 22.8 Å². The smallest absolute Gasteiger partial charge is 0.239 e. The summed E-state index contributed by atoms with van der Waals surface area (Å²) < 4.78 is 39.6. The molecule has 21 heavy (non-hydrogen) atoms. The maximum Gasteiger partial charge on any atom is 0.239 e. The van der Waals surface area contributed by atoms with E-state index in [0.29, 0.717) is 12.1 Å². The van der Waals surface area contributed by atoms with Crippen LogP contribution in [0.15, 0.2) is 12.1 Å². The van der Waals surface area contributed by atoms with Gasteiger partial charge in [0.2, 0.25) is 11.8 Å². The van der Waals surface area contributed by atoms with Crippen molar-refractivity contribution in [3.05, 3.63) is 35.1 Å². The molecule has 1 saturated heterocycles. The number of rotatable bonds is 2. The van der Waals surface area contributed by atoms with E-state index in [0.717, 1.165) is 0 Å². The van der Waals surface area contributed by atoms with Crippen molar-refractivity contribution in [2.45, 2.75) is 25.8 Å². The van der Waals surface area contributed by atoms with Crippen molar-refractivity contribution in [2.24, 2.45) is 0 Å². The van der Waals surface area contributed by atoms with Gasteiger partial charge >= 0.3 is 0 Å². The van der Waals surface area contributed by atoms with Crippen molar-refractivity contribution in [3.63, 3.8) is 0 Å². The van der Waals surface area contributed by atoms with Gasteiger partial charge in [-0.2, -0.15) is 0 Å². The summed E-state index contributed by atoms with van der Waals surface area (Å²) in [5, 5.41) is 2.63. The molecule has 2 amide bonds. The minimum atomic E-state index is -1.30. The van der Waals surface area contributed by atoms with Crippen LogP contribution in [-0.2, 0) is 16.0 Å². The number of benzene rings is 1. The minimum Gasteiger partial charge on any atom is -0.352 e. The molecule has 1 aromatic rings. The average molecular weight is 300 g/mol. The predicted octanol–water partition coefficient (Wildman–Crippen LogP) is 1.38. The van der Waals surface area contributed by atoms with Gasteiger partial charge in [-0.3, -0.25) is 9.59 Å². The molecule has 0 radical (unpaired) electrons. The highest BCUT2D eigenvalue weighted by Crippen LogP contribution is 2.20. The molecule has 0 unspecified atom stereocenters. The van der Waals surface area contributed by atoms with Gasteiger partial charge in [0.25, 0.3) is 0 Å². The van der Waals surface area contributed by atoms with Gasteiger partial charge in [0, 0.05) is 18.2 Å². The standard InChI is InChI=1S/C14H15F3N2O2/c1-14(2)7-18-12(20)6-19(14)13(21)4-8-3-10(16)11(17)5-9(8)15/h3,5H,4,6-7H2,1-2H3,(H,18,20). The molecule has 2 rings (SSSR count). The number of halogens is 3. The Morgan fingerprint density at radius 2 is 1.86 bits per heavy atom. The Balaban J connectivity index is 2.21. The Bertz CT molecular complexity index is 602. The third-order valence-electron chi connectivity index (χ3n) is 3.48. The van der Waals surface area contributed by atoms with E-state index in [2.05, 4.69) is 5.32 Å². The van der Waals surface area contributed by atoms with Crippen LogP contribution in [0.25, 0.3) is 0 Å². The molecule has 4 nitrogen and oxygen atoms in total. The van der Waals surface area contributed by atoms with Gasteiger partial charge in [-0.05, 0) is 19.9 Å². The first kappa shape index (κ1) is 15.3. The number of nitrogens with zero attached hydrogens (tertiary/aromatic N) is 1. The van der Waals surface area contributed by atoms with Crippen LogP contribution in [0.5, 0.6) is 0 Å². The van der Waals surface area contributed by atoms with Gasteiger partial charge in [-0.15, -0.1) is 0 Å². The first-order valence-electron chi connectivity index (χ1n) is 6.41. The van der Waals surface area contributed by atoms with Crippen LogP contribution >= 0.6 is 0 Å². The van der Waals surface area contributed by atoms with Crippen molar-refractivity contribution in [1.29, 1.82) is 0 Å². The molecule has 0 saturated carbocycles. The Morgan fingerprint density at radius 1 is 1.24 bits per heavy atom. The Labute approximate surface area is 119 Å². The molecule has 114 valence electrons. The van der Waals surface area contributed by atoms with Crippen LogP contribution in [0, 0.1) is 17.5 Å². The molecule has 0 atom stereocenters. The number of piperazine rings is 1. The molecule has 1 aliphatic rings. The minimum absolute atomic E-state index is 0.142. The van der Waals surface area contributed by atoms with Crippen LogP contribution in [-0.4, -0.2) is 35.3 Å². The summed E-state index contributed by atoms with van der Waals surface area (Å²) in [6.07, 6.45) is -0.431. The second-order valence-electron chi connectivity index (χ2n) is 5.60. The third-order valence-corrected chi connectivity index (χ3v) is 3.48. The second-order valence-corrected chi connectivity index (χ2v) is 5.60. The molecule has 1 heterocycles. The maximum absolute atomic E-state index is 13.6. The monoisotopic (exact) mass is 300 g/mol. The van der Waals surface area contributed by atoms with Gasteiger partial charge in [0.15, 0.2) is 11.6 Å². The molecule has 0 aliphatic carbocycles. The van der Waals surface area contributed by atoms with Gasteiger partial charge in [-0.1, -0.05) is 0 Å². The zero-order chi connectivity index (χ0) is 15.8. The maximum atomic E-state index is 13.6. The molecule has 1 N–H and O–H groups in total. The van der Waals surface area contributed by atoms with E-state index in [-0.39, 0.29) is 24.6 Å². The summed E-state index contributed by atoms with van der Waals surface area (Å²) in [5.41, 5.74) is -0.860. The van der Waals surface area contributed by atoms with Crippen molar-refractivity contribution in [3.8, 4) is 0 Å². The largest absolute Gasteiger partial charge is 0.352 e. The van der Waals surface area contributed by atoms with E-state index in [1.54, 1.807) is 13.8 Å². The highest BCUT2D eigenvalue weighted by molar-refractivity contribution is 5.87. The highest BCUT2D eigenvalue weighted by Gasteiger charge is 2.36. The molecule has 1 fully saturated rings. The van der Waals surface area contributed by atoms with Crippen molar-refractivity contribution in [2.75, 3.05) is 13.1 Å². The predicted molar refractivity (Wildman–Crippen MR) is 68.8 cm³/mol. The van der Waals surface area contributed by atoms with Gasteiger partial charge < -0.3 is 10.2 Å². The fraction of sp³-hybridized carbons (Fsp3) is 0.429. The topological polar surface area (TPSA) is 49.4 Å². The van der Waals surface area contributed by atoms with Gasteiger partial charge in [0.05, 0.1) is 12.0 Å². The first-order valence-corrected chi connectivity index (χ1v) is 6.41. The van der Waals surface area contributed by atoms with Crippen LogP contribution in [0.2, 0.25) is 0 Å². The molecule has 1 aromatic carbocycles. The lowest BCUT2D eigenvalue weighted by molar-refractivity contribution is -0.144. The lowest BCUT2D eigenvalue weighted by atomic mass is 9.98. The molecule has 1 aliphatic heterocycles. The summed E-state index contributed by atoms with van der Waals surface area (Å²) >= 11 is 0. The number of hydrogen-bond acceptors (Lipinski definition) is 2. The molecular formula is C14H15F3N2O2. The normalized spacial score (nSPS) is 17.6. The lowest BCUT2D eigenvalue weighted by Gasteiger charge is -2.42. The SMILES string of the molecule is CC1(C)CNC(=O)CN1C(=O)Cc1cc(F)c(F)cc1F. The molecular weight excluding hydrogens is 285 g/mol. The number of hydrogen-bond donors (Lipinski definition) is 1. The van der Waals surface area contributed by atoms with E-state index in [1.807, 2.05) is 0 Å². The summed E-state index contributed by atoms with van der Waals surface area (Å²) in [6, 6.07) is 1.07. The summed E-state index contributed by atoms with van der Waals surface area (Å²) in [7, 11) is 0. The van der Waals surface area contributed by atoms with E-state index in [9.17, 15) is 22.8 Å². The summed E-state index contributed by atoms with van der Waals surface area (Å²) in [5.74, 6) is -4.33. The zero-order valence-electron chi connectivity index (χ0n) is 11.7. The third kappa shape index (κ3) is 3.17. The Morgan fingerprint density at radius 3 is 2.52 bits per heavy atom. The molecule has 7 heteroatoms. The van der Waals surface area contributed by atoms with Crippen LogP contribution in [0.4, 0.5) is 13.2 Å². The molecule has 0 spiro atoms. The van der Waals surface area contributed by atoms with Crippen LogP contribution < -0.4 is 5.32 Å². The molecule has 0 bridgehead atoms. The van der Waals surface area contributed by atoms with Crippen LogP contribution in [0.1, 0.15) is 19.4 Å². The highest BCUT2D eigenvalue weighted by atomic mass is 19.2. The summed E-state index contributed by atoms with van der Waals surface area (Å²) in [4.78, 5) is 24.9. The second kappa shape index (κ2) is 5.38. The average Bonchev–Trinajstić information content (AvgIpc) is 2.38.